The largest absolute Gasteiger partial charge is 0.465 e. The fourth-order valence-electron chi connectivity index (χ4n) is 2.72. The van der Waals surface area contributed by atoms with Crippen molar-refractivity contribution in [3.8, 4) is 0 Å². The molecule has 2 aromatic carbocycles. The molecule has 4 heteroatoms. The summed E-state index contributed by atoms with van der Waals surface area (Å²) in [6.45, 7) is 3.96. The quantitative estimate of drug-likeness (QED) is 0.686. The van der Waals surface area contributed by atoms with Crippen LogP contribution in [0.4, 0.5) is 0 Å². The van der Waals surface area contributed by atoms with Crippen LogP contribution in [0.15, 0.2) is 64.0 Å². The van der Waals surface area contributed by atoms with Gasteiger partial charge in [0, 0.05) is 0 Å². The first-order chi connectivity index (χ1) is 11.6. The van der Waals surface area contributed by atoms with Gasteiger partial charge in [0.25, 0.3) is 0 Å². The Kier molecular flexibility index (Phi) is 4.47. The summed E-state index contributed by atoms with van der Waals surface area (Å²) in [7, 11) is 0. The molecule has 0 aliphatic rings. The lowest BCUT2D eigenvalue weighted by Gasteiger charge is -2.16. The Labute approximate surface area is 139 Å². The molecule has 1 heterocycles. The van der Waals surface area contributed by atoms with E-state index < -0.39 is 11.9 Å². The second-order valence-electron chi connectivity index (χ2n) is 5.61. The summed E-state index contributed by atoms with van der Waals surface area (Å²) in [5.74, 6) is -1.25. The number of esters is 1. The van der Waals surface area contributed by atoms with E-state index in [2.05, 4.69) is 0 Å². The number of hydrogen-bond acceptors (Lipinski definition) is 4. The fraction of sp³-hybridized carbons (Fsp3) is 0.200. The molecule has 0 N–H and O–H groups in total. The van der Waals surface area contributed by atoms with Crippen molar-refractivity contribution >= 4 is 16.9 Å². The Hall–Kier alpha value is -2.88. The first kappa shape index (κ1) is 16.0. The maximum absolute atomic E-state index is 12.9. The Balaban J connectivity index is 2.18. The second-order valence-corrected chi connectivity index (χ2v) is 5.61. The van der Waals surface area contributed by atoms with Crippen LogP contribution >= 0.6 is 0 Å². The molecule has 0 aliphatic heterocycles. The lowest BCUT2D eigenvalue weighted by Crippen LogP contribution is -2.23. The first-order valence-electron chi connectivity index (χ1n) is 7.85. The molecule has 0 unspecified atom stereocenters. The highest BCUT2D eigenvalue weighted by atomic mass is 16.5. The maximum atomic E-state index is 12.9. The van der Waals surface area contributed by atoms with Crippen LogP contribution in [0.2, 0.25) is 0 Å². The van der Waals surface area contributed by atoms with Crippen LogP contribution in [0, 0.1) is 6.92 Å². The summed E-state index contributed by atoms with van der Waals surface area (Å²) in [6.07, 6.45) is 1.37. The van der Waals surface area contributed by atoms with Crippen LogP contribution in [0.25, 0.3) is 11.0 Å². The predicted octanol–water partition coefficient (Wildman–Crippen LogP) is 3.80. The Morgan fingerprint density at radius 3 is 2.54 bits per heavy atom. The third kappa shape index (κ3) is 2.95. The van der Waals surface area contributed by atoms with Crippen molar-refractivity contribution in [3.05, 3.63) is 81.7 Å². The molecule has 0 fully saturated rings. The first-order valence-corrected chi connectivity index (χ1v) is 7.85. The summed E-state index contributed by atoms with van der Waals surface area (Å²) in [5.41, 5.74) is 2.36. The molecule has 0 aliphatic carbocycles. The number of rotatable bonds is 4. The molecule has 0 amide bonds. The van der Waals surface area contributed by atoms with E-state index in [4.69, 9.17) is 9.15 Å². The highest BCUT2D eigenvalue weighted by molar-refractivity contribution is 5.84. The Morgan fingerprint density at radius 1 is 1.12 bits per heavy atom. The molecule has 3 rings (SSSR count). The molecular weight excluding hydrogens is 304 g/mol. The van der Waals surface area contributed by atoms with E-state index in [1.54, 1.807) is 31.2 Å². The number of benzene rings is 2. The van der Waals surface area contributed by atoms with Crippen LogP contribution in [-0.4, -0.2) is 12.6 Å². The Bertz CT molecular complexity index is 922. The molecule has 0 saturated carbocycles. The second kappa shape index (κ2) is 6.71. The van der Waals surface area contributed by atoms with Gasteiger partial charge in [-0.2, -0.15) is 0 Å². The van der Waals surface area contributed by atoms with Crippen LogP contribution in [0.3, 0.4) is 0 Å². The van der Waals surface area contributed by atoms with Gasteiger partial charge in [0.1, 0.15) is 11.5 Å². The fourth-order valence-corrected chi connectivity index (χ4v) is 2.72. The van der Waals surface area contributed by atoms with Crippen molar-refractivity contribution in [1.29, 1.82) is 0 Å². The summed E-state index contributed by atoms with van der Waals surface area (Å²) in [6, 6.07) is 14.5. The molecule has 1 atom stereocenters. The lowest BCUT2D eigenvalue weighted by molar-refractivity contribution is -0.143. The van der Waals surface area contributed by atoms with E-state index in [1.807, 2.05) is 31.2 Å². The van der Waals surface area contributed by atoms with Gasteiger partial charge in [0.2, 0.25) is 0 Å². The van der Waals surface area contributed by atoms with Gasteiger partial charge in [0.05, 0.1) is 23.8 Å². The predicted molar refractivity (Wildman–Crippen MR) is 92.1 cm³/mol. The summed E-state index contributed by atoms with van der Waals surface area (Å²) in [4.78, 5) is 25.4. The zero-order chi connectivity index (χ0) is 17.1. The SMILES string of the molecule is CCOC(=O)[C@H](c1ccc(C)cc1)c1coc2ccccc2c1=O. The van der Waals surface area contributed by atoms with Gasteiger partial charge >= 0.3 is 5.97 Å². The number of aryl methyl sites for hydroxylation is 1. The third-order valence-electron chi connectivity index (χ3n) is 3.95. The maximum Gasteiger partial charge on any atom is 0.318 e. The number of hydrogen-bond donors (Lipinski definition) is 0. The van der Waals surface area contributed by atoms with Gasteiger partial charge in [0.15, 0.2) is 5.43 Å². The minimum atomic E-state index is -0.800. The number of carbonyl (C=O) groups excluding carboxylic acids is 1. The molecule has 0 saturated heterocycles. The van der Waals surface area contributed by atoms with E-state index in [-0.39, 0.29) is 17.6 Å². The van der Waals surface area contributed by atoms with E-state index >= 15 is 0 Å². The normalized spacial score (nSPS) is 12.1. The molecule has 1 aromatic heterocycles. The molecule has 3 aromatic rings. The van der Waals surface area contributed by atoms with Gasteiger partial charge < -0.3 is 9.15 Å². The number of ether oxygens (including phenoxy) is 1. The van der Waals surface area contributed by atoms with Crippen molar-refractivity contribution in [2.45, 2.75) is 19.8 Å². The van der Waals surface area contributed by atoms with Crippen molar-refractivity contribution in [2.24, 2.45) is 0 Å². The number of fused-ring (bicyclic) bond motifs is 1. The number of para-hydroxylation sites is 1. The van der Waals surface area contributed by atoms with Gasteiger partial charge in [-0.1, -0.05) is 42.0 Å². The average Bonchev–Trinajstić information content (AvgIpc) is 2.59. The topological polar surface area (TPSA) is 56.5 Å². The highest BCUT2D eigenvalue weighted by Gasteiger charge is 2.28. The van der Waals surface area contributed by atoms with Gasteiger partial charge in [-0.25, -0.2) is 0 Å². The molecule has 0 bridgehead atoms. The smallest absolute Gasteiger partial charge is 0.318 e. The van der Waals surface area contributed by atoms with E-state index in [0.717, 1.165) is 5.56 Å². The van der Waals surface area contributed by atoms with Crippen LogP contribution in [0.5, 0.6) is 0 Å². The zero-order valence-corrected chi connectivity index (χ0v) is 13.6. The lowest BCUT2D eigenvalue weighted by atomic mass is 9.91. The molecule has 4 nitrogen and oxygen atoms in total. The molecule has 122 valence electrons. The average molecular weight is 322 g/mol. The molecule has 0 spiro atoms. The van der Waals surface area contributed by atoms with Gasteiger partial charge in [-0.15, -0.1) is 0 Å². The summed E-state index contributed by atoms with van der Waals surface area (Å²) in [5, 5.41) is 0.455. The van der Waals surface area contributed by atoms with Crippen molar-refractivity contribution < 1.29 is 13.9 Å². The number of carbonyl (C=O) groups is 1. The van der Waals surface area contributed by atoms with Crippen LogP contribution in [-0.2, 0) is 9.53 Å². The monoisotopic (exact) mass is 322 g/mol. The minimum Gasteiger partial charge on any atom is -0.465 e. The van der Waals surface area contributed by atoms with Crippen molar-refractivity contribution in [1.82, 2.24) is 0 Å². The van der Waals surface area contributed by atoms with Crippen LogP contribution < -0.4 is 5.43 Å². The molecule has 0 radical (unpaired) electrons. The Morgan fingerprint density at radius 2 is 1.83 bits per heavy atom. The van der Waals surface area contributed by atoms with E-state index in [1.165, 1.54) is 6.26 Å². The van der Waals surface area contributed by atoms with Crippen molar-refractivity contribution in [3.63, 3.8) is 0 Å². The standard InChI is InChI=1S/C20H18O4/c1-3-23-20(22)18(14-10-8-13(2)9-11-14)16-12-24-17-7-5-4-6-15(17)19(16)21/h4-12,18H,3H2,1-2H3/t18-/m1/s1. The minimum absolute atomic E-state index is 0.213. The summed E-state index contributed by atoms with van der Waals surface area (Å²) < 4.78 is 10.8. The van der Waals surface area contributed by atoms with E-state index in [9.17, 15) is 9.59 Å². The zero-order valence-electron chi connectivity index (χ0n) is 13.6. The van der Waals surface area contributed by atoms with Crippen molar-refractivity contribution in [2.75, 3.05) is 6.61 Å². The van der Waals surface area contributed by atoms with Gasteiger partial charge in [-0.3, -0.25) is 9.59 Å². The molecular formula is C20H18O4. The summed E-state index contributed by atoms with van der Waals surface area (Å²) >= 11 is 0. The van der Waals surface area contributed by atoms with E-state index in [0.29, 0.717) is 16.5 Å². The molecule has 24 heavy (non-hydrogen) atoms. The van der Waals surface area contributed by atoms with Crippen LogP contribution in [0.1, 0.15) is 29.5 Å². The third-order valence-corrected chi connectivity index (χ3v) is 3.95. The highest BCUT2D eigenvalue weighted by Crippen LogP contribution is 2.26. The van der Waals surface area contributed by atoms with Gasteiger partial charge in [-0.05, 0) is 31.5 Å².